The third-order valence-corrected chi connectivity index (χ3v) is 6.83. The molecule has 5 nitrogen and oxygen atoms in total. The van der Waals surface area contributed by atoms with Gasteiger partial charge in [0.05, 0.1) is 10.2 Å². The van der Waals surface area contributed by atoms with Crippen LogP contribution in [0.1, 0.15) is 22.8 Å². The van der Waals surface area contributed by atoms with Crippen molar-refractivity contribution in [1.29, 1.82) is 0 Å². The summed E-state index contributed by atoms with van der Waals surface area (Å²) in [5.41, 5.74) is 3.04. The second-order valence-electron chi connectivity index (χ2n) is 7.87. The number of anilines is 1. The van der Waals surface area contributed by atoms with Crippen molar-refractivity contribution in [3.63, 3.8) is 0 Å². The molecule has 1 saturated heterocycles. The zero-order valence-corrected chi connectivity index (χ0v) is 18.8. The number of piperazine rings is 1. The van der Waals surface area contributed by atoms with Gasteiger partial charge in [-0.2, -0.15) is 0 Å². The quantitative estimate of drug-likeness (QED) is 0.402. The molecule has 0 atom stereocenters. The Morgan fingerprint density at radius 3 is 2.50 bits per heavy atom. The zero-order valence-electron chi connectivity index (χ0n) is 18.0. The van der Waals surface area contributed by atoms with E-state index in [1.807, 2.05) is 59.5 Å². The lowest BCUT2D eigenvalue weighted by Crippen LogP contribution is -2.48. The number of carbonyl (C=O) groups excluding carboxylic acids is 1. The van der Waals surface area contributed by atoms with E-state index in [-0.39, 0.29) is 5.91 Å². The topological polar surface area (TPSA) is 45.7 Å². The fourth-order valence-electron chi connectivity index (χ4n) is 3.91. The number of aromatic nitrogens is 1. The van der Waals surface area contributed by atoms with E-state index in [1.54, 1.807) is 11.3 Å². The smallest absolute Gasteiger partial charge is 0.254 e. The van der Waals surface area contributed by atoms with E-state index in [9.17, 15) is 4.79 Å². The van der Waals surface area contributed by atoms with Crippen molar-refractivity contribution in [2.75, 3.05) is 31.1 Å². The Hall–Kier alpha value is -3.38. The number of thiazole rings is 1. The van der Waals surface area contributed by atoms with Gasteiger partial charge >= 0.3 is 0 Å². The molecule has 0 N–H and O–H groups in total. The molecule has 32 heavy (non-hydrogen) atoms. The van der Waals surface area contributed by atoms with E-state index in [2.05, 4.69) is 30.0 Å². The summed E-state index contributed by atoms with van der Waals surface area (Å²) in [7, 11) is 0. The molecule has 1 fully saturated rings. The van der Waals surface area contributed by atoms with Crippen molar-refractivity contribution in [3.05, 3.63) is 83.9 Å². The number of benzene rings is 3. The first-order chi connectivity index (χ1) is 15.7. The van der Waals surface area contributed by atoms with Gasteiger partial charge in [0.25, 0.3) is 5.91 Å². The summed E-state index contributed by atoms with van der Waals surface area (Å²) in [5, 5.41) is 1.04. The van der Waals surface area contributed by atoms with Gasteiger partial charge in [0, 0.05) is 31.7 Å². The van der Waals surface area contributed by atoms with Crippen molar-refractivity contribution in [2.45, 2.75) is 13.3 Å². The maximum atomic E-state index is 13.1. The van der Waals surface area contributed by atoms with Crippen LogP contribution in [0.4, 0.5) is 5.13 Å². The molecule has 2 heterocycles. The van der Waals surface area contributed by atoms with Gasteiger partial charge < -0.3 is 14.5 Å². The lowest BCUT2D eigenvalue weighted by molar-refractivity contribution is 0.0746. The van der Waals surface area contributed by atoms with E-state index in [0.29, 0.717) is 24.4 Å². The molecule has 5 rings (SSSR count). The van der Waals surface area contributed by atoms with E-state index in [4.69, 9.17) is 9.72 Å². The van der Waals surface area contributed by atoms with E-state index in [0.717, 1.165) is 35.9 Å². The first-order valence-electron chi connectivity index (χ1n) is 11.0. The molecule has 1 aromatic heterocycles. The molecule has 0 saturated carbocycles. The van der Waals surface area contributed by atoms with Crippen LogP contribution in [0, 0.1) is 0 Å². The molecule has 0 bridgehead atoms. The molecule has 4 aromatic rings. The van der Waals surface area contributed by atoms with Crippen molar-refractivity contribution in [1.82, 2.24) is 9.88 Å². The lowest BCUT2D eigenvalue weighted by Gasteiger charge is -2.34. The highest BCUT2D eigenvalue weighted by molar-refractivity contribution is 7.22. The molecule has 0 radical (unpaired) electrons. The van der Waals surface area contributed by atoms with Gasteiger partial charge in [-0.3, -0.25) is 4.79 Å². The molecule has 0 unspecified atom stereocenters. The SMILES string of the molecule is CCc1ccc2nc(N3CCN(C(=O)c4cccc(Oc5ccccc5)c4)CC3)sc2c1. The number of aryl methyl sites for hydroxylation is 1. The van der Waals surface area contributed by atoms with Crippen LogP contribution in [-0.4, -0.2) is 42.0 Å². The second-order valence-corrected chi connectivity index (χ2v) is 8.88. The number of amides is 1. The predicted octanol–water partition coefficient (Wildman–Crippen LogP) is 5.61. The number of hydrogen-bond donors (Lipinski definition) is 0. The highest BCUT2D eigenvalue weighted by Gasteiger charge is 2.24. The largest absolute Gasteiger partial charge is 0.457 e. The van der Waals surface area contributed by atoms with Gasteiger partial charge in [0.15, 0.2) is 5.13 Å². The van der Waals surface area contributed by atoms with E-state index in [1.165, 1.54) is 10.3 Å². The summed E-state index contributed by atoms with van der Waals surface area (Å²) in [5.74, 6) is 1.47. The summed E-state index contributed by atoms with van der Waals surface area (Å²) < 4.78 is 7.12. The van der Waals surface area contributed by atoms with Gasteiger partial charge in [0.2, 0.25) is 0 Å². The molecule has 1 amide bonds. The van der Waals surface area contributed by atoms with Crippen molar-refractivity contribution in [3.8, 4) is 11.5 Å². The van der Waals surface area contributed by atoms with Gasteiger partial charge in [-0.25, -0.2) is 4.98 Å². The van der Waals surface area contributed by atoms with Crippen LogP contribution in [0.5, 0.6) is 11.5 Å². The minimum atomic E-state index is 0.0417. The fourth-order valence-corrected chi connectivity index (χ4v) is 4.99. The number of nitrogens with zero attached hydrogens (tertiary/aromatic N) is 3. The van der Waals surface area contributed by atoms with Crippen LogP contribution >= 0.6 is 11.3 Å². The maximum Gasteiger partial charge on any atom is 0.254 e. The van der Waals surface area contributed by atoms with Gasteiger partial charge in [-0.05, 0) is 54.4 Å². The van der Waals surface area contributed by atoms with Crippen LogP contribution in [0.2, 0.25) is 0 Å². The Morgan fingerprint density at radius 1 is 0.938 bits per heavy atom. The third-order valence-electron chi connectivity index (χ3n) is 5.75. The predicted molar refractivity (Wildman–Crippen MR) is 130 cm³/mol. The molecular weight excluding hydrogens is 418 g/mol. The van der Waals surface area contributed by atoms with Gasteiger partial charge in [0.1, 0.15) is 11.5 Å². The summed E-state index contributed by atoms with van der Waals surface area (Å²) in [6.07, 6.45) is 1.03. The Labute approximate surface area is 191 Å². The molecule has 1 aliphatic heterocycles. The monoisotopic (exact) mass is 443 g/mol. The standard InChI is InChI=1S/C26H25N3O2S/c1-2-19-11-12-23-24(17-19)32-26(27-23)29-15-13-28(14-16-29)25(30)20-7-6-10-22(18-20)31-21-8-4-3-5-9-21/h3-12,17-18H,2,13-16H2,1H3. The average Bonchev–Trinajstić information content (AvgIpc) is 3.28. The van der Waals surface area contributed by atoms with Crippen LogP contribution in [-0.2, 0) is 6.42 Å². The molecular formula is C26H25N3O2S. The molecule has 6 heteroatoms. The number of carbonyl (C=O) groups is 1. The fraction of sp³-hybridized carbons (Fsp3) is 0.231. The summed E-state index contributed by atoms with van der Waals surface area (Å²) in [6.45, 7) is 5.10. The van der Waals surface area contributed by atoms with E-state index >= 15 is 0 Å². The second kappa shape index (κ2) is 9.01. The minimum Gasteiger partial charge on any atom is -0.457 e. The van der Waals surface area contributed by atoms with Gasteiger partial charge in [-0.1, -0.05) is 48.6 Å². The Bertz CT molecular complexity index is 1230. The first-order valence-corrected chi connectivity index (χ1v) is 11.8. The Kier molecular flexibility index (Phi) is 5.77. The molecule has 0 spiro atoms. The Balaban J connectivity index is 1.24. The summed E-state index contributed by atoms with van der Waals surface area (Å²) in [6, 6.07) is 23.5. The number of para-hydroxylation sites is 1. The summed E-state index contributed by atoms with van der Waals surface area (Å²) >= 11 is 1.74. The van der Waals surface area contributed by atoms with Crippen LogP contribution in [0.25, 0.3) is 10.2 Å². The molecule has 3 aromatic carbocycles. The highest BCUT2D eigenvalue weighted by Crippen LogP contribution is 2.30. The molecule has 162 valence electrons. The normalized spacial score (nSPS) is 14.0. The minimum absolute atomic E-state index is 0.0417. The maximum absolute atomic E-state index is 13.1. The lowest BCUT2D eigenvalue weighted by atomic mass is 10.1. The van der Waals surface area contributed by atoms with Crippen LogP contribution < -0.4 is 9.64 Å². The highest BCUT2D eigenvalue weighted by atomic mass is 32.1. The third kappa shape index (κ3) is 4.32. The van der Waals surface area contributed by atoms with E-state index < -0.39 is 0 Å². The van der Waals surface area contributed by atoms with Crippen LogP contribution in [0.15, 0.2) is 72.8 Å². The number of hydrogen-bond acceptors (Lipinski definition) is 5. The van der Waals surface area contributed by atoms with Crippen molar-refractivity contribution in [2.24, 2.45) is 0 Å². The molecule has 1 aliphatic rings. The summed E-state index contributed by atoms with van der Waals surface area (Å²) in [4.78, 5) is 22.1. The molecule has 0 aliphatic carbocycles. The Morgan fingerprint density at radius 2 is 1.72 bits per heavy atom. The van der Waals surface area contributed by atoms with Gasteiger partial charge in [-0.15, -0.1) is 0 Å². The zero-order chi connectivity index (χ0) is 21.9. The van der Waals surface area contributed by atoms with Crippen LogP contribution in [0.3, 0.4) is 0 Å². The number of rotatable bonds is 5. The van der Waals surface area contributed by atoms with Crippen molar-refractivity contribution < 1.29 is 9.53 Å². The van der Waals surface area contributed by atoms with Crippen molar-refractivity contribution >= 4 is 32.6 Å². The first kappa shape index (κ1) is 20.5. The average molecular weight is 444 g/mol. The number of fused-ring (bicyclic) bond motifs is 1. The number of ether oxygens (including phenoxy) is 1.